The maximum Gasteiger partial charge on any atom is 0.407 e. The lowest BCUT2D eigenvalue weighted by molar-refractivity contribution is -0.117. The van der Waals surface area contributed by atoms with E-state index in [1.54, 1.807) is 20.8 Å². The third kappa shape index (κ3) is 8.42. The van der Waals surface area contributed by atoms with Crippen molar-refractivity contribution in [2.75, 3.05) is 5.33 Å². The van der Waals surface area contributed by atoms with Crippen molar-refractivity contribution < 1.29 is 14.3 Å². The van der Waals surface area contributed by atoms with Crippen molar-refractivity contribution in [1.29, 1.82) is 0 Å². The van der Waals surface area contributed by atoms with Crippen molar-refractivity contribution in [2.24, 2.45) is 0 Å². The average Bonchev–Trinajstić information content (AvgIpc) is 1.98. The molecule has 1 atom stereocenters. The molecule has 4 nitrogen and oxygen atoms in total. The Morgan fingerprint density at radius 1 is 1.40 bits per heavy atom. The second-order valence-corrected chi connectivity index (χ2v) is 5.05. The van der Waals surface area contributed by atoms with E-state index >= 15 is 0 Å². The smallest absolute Gasteiger partial charge is 0.407 e. The highest BCUT2D eigenvalue weighted by atomic mass is 79.9. The summed E-state index contributed by atoms with van der Waals surface area (Å²) in [5.74, 6) is 0.0375. The molecule has 88 valence electrons. The fourth-order valence-corrected chi connectivity index (χ4v) is 1.36. The van der Waals surface area contributed by atoms with Crippen LogP contribution < -0.4 is 5.32 Å². The number of carbonyl (C=O) groups excluding carboxylic acids is 2. The first-order valence-electron chi connectivity index (χ1n) is 4.79. The maximum absolute atomic E-state index is 11.3. The van der Waals surface area contributed by atoms with Gasteiger partial charge in [-0.3, -0.25) is 4.79 Å². The van der Waals surface area contributed by atoms with Crippen LogP contribution in [0.3, 0.4) is 0 Å². The van der Waals surface area contributed by atoms with E-state index in [9.17, 15) is 9.59 Å². The van der Waals surface area contributed by atoms with Gasteiger partial charge in [-0.1, -0.05) is 15.9 Å². The third-order valence-corrected chi connectivity index (χ3v) is 2.22. The second-order valence-electron chi connectivity index (χ2n) is 4.40. The molecule has 0 saturated heterocycles. The van der Waals surface area contributed by atoms with Crippen molar-refractivity contribution in [3.05, 3.63) is 0 Å². The first kappa shape index (κ1) is 14.4. The summed E-state index contributed by atoms with van der Waals surface area (Å²) in [5.41, 5.74) is -0.517. The zero-order valence-corrected chi connectivity index (χ0v) is 11.2. The van der Waals surface area contributed by atoms with Gasteiger partial charge in [-0.05, 0) is 27.7 Å². The molecule has 0 heterocycles. The summed E-state index contributed by atoms with van der Waals surface area (Å²) >= 11 is 3.23. The van der Waals surface area contributed by atoms with Gasteiger partial charge in [0.1, 0.15) is 11.4 Å². The zero-order valence-electron chi connectivity index (χ0n) is 9.59. The van der Waals surface area contributed by atoms with Crippen LogP contribution in [0.4, 0.5) is 4.79 Å². The fourth-order valence-electron chi connectivity index (χ4n) is 0.965. The number of hydrogen-bond acceptors (Lipinski definition) is 3. The Morgan fingerprint density at radius 2 is 1.93 bits per heavy atom. The number of alkyl carbamates (subject to hydrolysis) is 1. The van der Waals surface area contributed by atoms with Crippen LogP contribution >= 0.6 is 15.9 Å². The lowest BCUT2D eigenvalue weighted by atomic mass is 10.2. The minimum atomic E-state index is -0.517. The molecule has 1 amide bonds. The van der Waals surface area contributed by atoms with E-state index in [4.69, 9.17) is 4.74 Å². The van der Waals surface area contributed by atoms with E-state index < -0.39 is 11.7 Å². The molecule has 0 aromatic carbocycles. The summed E-state index contributed by atoms with van der Waals surface area (Å²) in [6.45, 7) is 6.87. The highest BCUT2D eigenvalue weighted by molar-refractivity contribution is 9.09. The monoisotopic (exact) mass is 279 g/mol. The number of halogens is 1. The molecule has 0 spiro atoms. The molecule has 0 aliphatic carbocycles. The van der Waals surface area contributed by atoms with Gasteiger partial charge in [-0.15, -0.1) is 0 Å². The summed E-state index contributed by atoms with van der Waals surface area (Å²) < 4.78 is 5.07. The first-order valence-corrected chi connectivity index (χ1v) is 5.91. The van der Waals surface area contributed by atoms with E-state index in [1.807, 2.05) is 0 Å². The van der Waals surface area contributed by atoms with Crippen molar-refractivity contribution in [1.82, 2.24) is 5.32 Å². The molecule has 0 fully saturated rings. The molecule has 0 aliphatic heterocycles. The van der Waals surface area contributed by atoms with Crippen LogP contribution in [0.15, 0.2) is 0 Å². The Hall–Kier alpha value is -0.580. The van der Waals surface area contributed by atoms with E-state index in [2.05, 4.69) is 21.2 Å². The number of hydrogen-bond donors (Lipinski definition) is 1. The first-order chi connectivity index (χ1) is 6.74. The van der Waals surface area contributed by atoms with E-state index in [0.29, 0.717) is 11.8 Å². The summed E-state index contributed by atoms with van der Waals surface area (Å²) in [6, 6.07) is -0.211. The van der Waals surface area contributed by atoms with Gasteiger partial charge in [0, 0.05) is 17.8 Å². The Labute approximate surface area is 98.9 Å². The van der Waals surface area contributed by atoms with Gasteiger partial charge in [-0.25, -0.2) is 4.79 Å². The van der Waals surface area contributed by atoms with Crippen LogP contribution in [0.2, 0.25) is 0 Å². The van der Waals surface area contributed by atoms with Crippen LogP contribution in [0.25, 0.3) is 0 Å². The minimum absolute atomic E-state index is 0.0375. The number of ketones is 1. The number of ether oxygens (including phenoxy) is 1. The molecule has 0 bridgehead atoms. The molecular formula is C10H18BrNO3. The normalized spacial score (nSPS) is 13.1. The molecule has 0 radical (unpaired) electrons. The number of carbonyl (C=O) groups is 2. The van der Waals surface area contributed by atoms with Gasteiger partial charge < -0.3 is 10.1 Å². The van der Waals surface area contributed by atoms with E-state index in [0.717, 1.165) is 0 Å². The maximum atomic E-state index is 11.3. The summed E-state index contributed by atoms with van der Waals surface area (Å²) in [4.78, 5) is 22.2. The predicted octanol–water partition coefficient (Wildman–Crippen LogP) is 2.25. The van der Waals surface area contributed by atoms with Crippen LogP contribution in [0, 0.1) is 0 Å². The Bertz CT molecular complexity index is 235. The van der Waals surface area contributed by atoms with Crippen LogP contribution in [0.1, 0.15) is 34.1 Å². The Kier molecular flexibility index (Phi) is 5.87. The predicted molar refractivity (Wildman–Crippen MR) is 62.2 cm³/mol. The van der Waals surface area contributed by atoms with Gasteiger partial charge in [0.15, 0.2) is 0 Å². The molecular weight excluding hydrogens is 262 g/mol. The minimum Gasteiger partial charge on any atom is -0.444 e. The number of rotatable bonds is 4. The highest BCUT2D eigenvalue weighted by Gasteiger charge is 2.19. The molecule has 0 rings (SSSR count). The molecule has 0 saturated carbocycles. The summed E-state index contributed by atoms with van der Waals surface area (Å²) in [7, 11) is 0. The van der Waals surface area contributed by atoms with Crippen molar-refractivity contribution in [3.8, 4) is 0 Å². The largest absolute Gasteiger partial charge is 0.444 e. The molecule has 0 aromatic rings. The van der Waals surface area contributed by atoms with Crippen LogP contribution in [-0.2, 0) is 9.53 Å². The van der Waals surface area contributed by atoms with Gasteiger partial charge in [0.2, 0.25) is 0 Å². The molecule has 1 N–H and O–H groups in total. The summed E-state index contributed by atoms with van der Waals surface area (Å²) in [6.07, 6.45) is -0.182. The van der Waals surface area contributed by atoms with Crippen molar-refractivity contribution in [3.63, 3.8) is 0 Å². The lowest BCUT2D eigenvalue weighted by Gasteiger charge is -2.22. The number of nitrogens with one attached hydrogen (secondary N) is 1. The quantitative estimate of drug-likeness (QED) is 0.803. The molecule has 0 unspecified atom stereocenters. The van der Waals surface area contributed by atoms with Crippen molar-refractivity contribution >= 4 is 27.8 Å². The SMILES string of the molecule is CC(=O)C[C@@H](CBr)NC(=O)OC(C)(C)C. The van der Waals surface area contributed by atoms with Gasteiger partial charge in [0.25, 0.3) is 0 Å². The van der Waals surface area contributed by atoms with Crippen LogP contribution in [0.5, 0.6) is 0 Å². The Balaban J connectivity index is 4.07. The Morgan fingerprint density at radius 3 is 2.27 bits per heavy atom. The van der Waals surface area contributed by atoms with Gasteiger partial charge >= 0.3 is 6.09 Å². The van der Waals surface area contributed by atoms with Gasteiger partial charge in [0.05, 0.1) is 0 Å². The standard InChI is InChI=1S/C10H18BrNO3/c1-7(13)5-8(6-11)12-9(14)15-10(2,3)4/h8H,5-6H2,1-4H3,(H,12,14)/t8-/m0/s1. The number of Topliss-reactive ketones (excluding diaryl/α,β-unsaturated/α-hetero) is 1. The third-order valence-electron chi connectivity index (χ3n) is 1.44. The number of amides is 1. The van der Waals surface area contributed by atoms with Crippen LogP contribution in [-0.4, -0.2) is 28.8 Å². The van der Waals surface area contributed by atoms with Crippen molar-refractivity contribution in [2.45, 2.75) is 45.8 Å². The lowest BCUT2D eigenvalue weighted by Crippen LogP contribution is -2.40. The summed E-state index contributed by atoms with van der Waals surface area (Å²) in [5, 5.41) is 3.16. The van der Waals surface area contributed by atoms with E-state index in [-0.39, 0.29) is 11.8 Å². The molecule has 15 heavy (non-hydrogen) atoms. The highest BCUT2D eigenvalue weighted by Crippen LogP contribution is 2.07. The number of alkyl halides is 1. The second kappa shape index (κ2) is 6.10. The van der Waals surface area contributed by atoms with E-state index in [1.165, 1.54) is 6.92 Å². The average molecular weight is 280 g/mol. The zero-order chi connectivity index (χ0) is 12.1. The fraction of sp³-hybridized carbons (Fsp3) is 0.800. The topological polar surface area (TPSA) is 55.4 Å². The molecule has 0 aromatic heterocycles. The van der Waals surface area contributed by atoms with Gasteiger partial charge in [-0.2, -0.15) is 0 Å². The molecule has 5 heteroatoms. The molecule has 0 aliphatic rings.